The van der Waals surface area contributed by atoms with Gasteiger partial charge in [-0.05, 0) is 44.0 Å². The zero-order valence-electron chi connectivity index (χ0n) is 17.2. The molecular weight excluding hydrogens is 412 g/mol. The molecule has 4 rings (SSSR count). The first kappa shape index (κ1) is 21.1. The molecule has 3 aromatic rings. The molecule has 0 aliphatic carbocycles. The highest BCUT2D eigenvalue weighted by molar-refractivity contribution is 7.89. The van der Waals surface area contributed by atoms with E-state index in [2.05, 4.69) is 15.3 Å². The van der Waals surface area contributed by atoms with Crippen molar-refractivity contribution in [2.45, 2.75) is 37.1 Å². The van der Waals surface area contributed by atoms with Crippen LogP contribution in [-0.4, -0.2) is 35.1 Å². The maximum atomic E-state index is 13.4. The van der Waals surface area contributed by atoms with Crippen molar-refractivity contribution in [3.8, 4) is 0 Å². The Balaban J connectivity index is 1.73. The third-order valence-electron chi connectivity index (χ3n) is 5.33. The SMILES string of the molecule is Cc1ncc(C(=O)Nc2ccccc2)c([C@H]2CCCCN2S(=O)(=O)c2ccccc2)n1. The van der Waals surface area contributed by atoms with Crippen LogP contribution in [0, 0.1) is 6.92 Å². The molecule has 0 spiro atoms. The second kappa shape index (κ2) is 8.95. The molecule has 1 saturated heterocycles. The number of nitrogens with one attached hydrogen (secondary N) is 1. The Morgan fingerprint density at radius 3 is 2.42 bits per heavy atom. The van der Waals surface area contributed by atoms with Crippen molar-refractivity contribution < 1.29 is 13.2 Å². The number of sulfonamides is 1. The van der Waals surface area contributed by atoms with Crippen LogP contribution < -0.4 is 5.32 Å². The summed E-state index contributed by atoms with van der Waals surface area (Å²) in [5.74, 6) is 0.137. The number of hydrogen-bond acceptors (Lipinski definition) is 5. The maximum absolute atomic E-state index is 13.4. The summed E-state index contributed by atoms with van der Waals surface area (Å²) in [6, 6.07) is 17.0. The lowest BCUT2D eigenvalue weighted by molar-refractivity contribution is 0.102. The lowest BCUT2D eigenvalue weighted by Gasteiger charge is -2.35. The highest BCUT2D eigenvalue weighted by Gasteiger charge is 2.37. The molecule has 1 amide bonds. The number of piperidine rings is 1. The van der Waals surface area contributed by atoms with Crippen LogP contribution in [0.5, 0.6) is 0 Å². The summed E-state index contributed by atoms with van der Waals surface area (Å²) in [5, 5.41) is 2.86. The van der Waals surface area contributed by atoms with Gasteiger partial charge < -0.3 is 5.32 Å². The topological polar surface area (TPSA) is 92.3 Å². The van der Waals surface area contributed by atoms with Crippen molar-refractivity contribution in [3.63, 3.8) is 0 Å². The predicted octanol–water partition coefficient (Wildman–Crippen LogP) is 3.95. The third kappa shape index (κ3) is 4.50. The molecule has 2 heterocycles. The van der Waals surface area contributed by atoms with Crippen LogP contribution in [0.25, 0.3) is 0 Å². The van der Waals surface area contributed by atoms with E-state index in [4.69, 9.17) is 0 Å². The largest absolute Gasteiger partial charge is 0.322 e. The van der Waals surface area contributed by atoms with Crippen LogP contribution >= 0.6 is 0 Å². The summed E-state index contributed by atoms with van der Waals surface area (Å²) in [5.41, 5.74) is 1.38. The van der Waals surface area contributed by atoms with Gasteiger partial charge in [0, 0.05) is 18.4 Å². The molecule has 160 valence electrons. The van der Waals surface area contributed by atoms with Gasteiger partial charge in [-0.1, -0.05) is 42.8 Å². The smallest absolute Gasteiger partial charge is 0.259 e. The zero-order chi connectivity index (χ0) is 21.8. The summed E-state index contributed by atoms with van der Waals surface area (Å²) >= 11 is 0. The first-order valence-electron chi connectivity index (χ1n) is 10.2. The van der Waals surface area contributed by atoms with Gasteiger partial charge in [-0.2, -0.15) is 4.31 Å². The van der Waals surface area contributed by atoms with Crippen LogP contribution in [0.15, 0.2) is 71.8 Å². The Kier molecular flexibility index (Phi) is 6.11. The lowest BCUT2D eigenvalue weighted by atomic mass is 9.98. The van der Waals surface area contributed by atoms with Crippen LogP contribution in [0.4, 0.5) is 5.69 Å². The Hall–Kier alpha value is -3.10. The number of amides is 1. The van der Waals surface area contributed by atoms with E-state index in [1.807, 2.05) is 18.2 Å². The van der Waals surface area contributed by atoms with Gasteiger partial charge in [-0.15, -0.1) is 0 Å². The van der Waals surface area contributed by atoms with E-state index in [1.54, 1.807) is 49.4 Å². The number of benzene rings is 2. The monoisotopic (exact) mass is 436 g/mol. The van der Waals surface area contributed by atoms with E-state index in [1.165, 1.54) is 10.5 Å². The minimum Gasteiger partial charge on any atom is -0.322 e. The molecule has 7 nitrogen and oxygen atoms in total. The Morgan fingerprint density at radius 2 is 1.71 bits per heavy atom. The first-order valence-corrected chi connectivity index (χ1v) is 11.7. The van der Waals surface area contributed by atoms with Crippen LogP contribution in [-0.2, 0) is 10.0 Å². The molecule has 0 radical (unpaired) electrons. The van der Waals surface area contributed by atoms with Gasteiger partial charge >= 0.3 is 0 Å². The van der Waals surface area contributed by atoms with E-state index in [0.717, 1.165) is 12.8 Å². The van der Waals surface area contributed by atoms with Crippen LogP contribution in [0.1, 0.15) is 47.2 Å². The molecule has 31 heavy (non-hydrogen) atoms. The van der Waals surface area contributed by atoms with E-state index < -0.39 is 16.1 Å². The van der Waals surface area contributed by atoms with Gasteiger partial charge in [0.25, 0.3) is 5.91 Å². The van der Waals surface area contributed by atoms with Crippen molar-refractivity contribution in [2.75, 3.05) is 11.9 Å². The minimum absolute atomic E-state index is 0.239. The van der Waals surface area contributed by atoms with Crippen molar-refractivity contribution >= 4 is 21.6 Å². The van der Waals surface area contributed by atoms with Crippen molar-refractivity contribution in [1.29, 1.82) is 0 Å². The predicted molar refractivity (Wildman–Crippen MR) is 118 cm³/mol. The fraction of sp³-hybridized carbons (Fsp3) is 0.261. The minimum atomic E-state index is -3.73. The standard InChI is InChI=1S/C23H24N4O3S/c1-17-24-16-20(23(28)26-18-10-4-2-5-11-18)22(25-17)21-14-8-9-15-27(21)31(29,30)19-12-6-3-7-13-19/h2-7,10-13,16,21H,8-9,14-15H2,1H3,(H,26,28)/t21-/m1/s1. The van der Waals surface area contributed by atoms with E-state index in [0.29, 0.717) is 30.2 Å². The average Bonchev–Trinajstić information content (AvgIpc) is 2.80. The van der Waals surface area contributed by atoms with Crippen molar-refractivity contribution in [2.24, 2.45) is 0 Å². The number of nitrogens with zero attached hydrogens (tertiary/aromatic N) is 3. The number of anilines is 1. The van der Waals surface area contributed by atoms with Gasteiger partial charge in [0.15, 0.2) is 0 Å². The molecule has 1 aliphatic heterocycles. The molecule has 0 bridgehead atoms. The Morgan fingerprint density at radius 1 is 1.03 bits per heavy atom. The van der Waals surface area contributed by atoms with Gasteiger partial charge in [-0.3, -0.25) is 4.79 Å². The lowest BCUT2D eigenvalue weighted by Crippen LogP contribution is -2.39. The highest BCUT2D eigenvalue weighted by Crippen LogP contribution is 2.36. The molecule has 1 atom stereocenters. The molecule has 8 heteroatoms. The molecule has 1 N–H and O–H groups in total. The number of aryl methyl sites for hydroxylation is 1. The molecule has 1 aliphatic rings. The average molecular weight is 437 g/mol. The summed E-state index contributed by atoms with van der Waals surface area (Å²) in [4.78, 5) is 22.0. The number of para-hydroxylation sites is 1. The van der Waals surface area contributed by atoms with Gasteiger partial charge in [0.1, 0.15) is 5.82 Å². The highest BCUT2D eigenvalue weighted by atomic mass is 32.2. The number of aromatic nitrogens is 2. The van der Waals surface area contributed by atoms with E-state index in [9.17, 15) is 13.2 Å². The second-order valence-electron chi connectivity index (χ2n) is 7.48. The number of carbonyl (C=O) groups is 1. The van der Waals surface area contributed by atoms with E-state index in [-0.39, 0.29) is 16.4 Å². The third-order valence-corrected chi connectivity index (χ3v) is 7.26. The molecule has 1 aromatic heterocycles. The van der Waals surface area contributed by atoms with Crippen LogP contribution in [0.3, 0.4) is 0 Å². The number of hydrogen-bond donors (Lipinski definition) is 1. The normalized spacial score (nSPS) is 17.3. The van der Waals surface area contributed by atoms with E-state index >= 15 is 0 Å². The molecule has 0 unspecified atom stereocenters. The molecular formula is C23H24N4O3S. The van der Waals surface area contributed by atoms with Crippen molar-refractivity contribution in [1.82, 2.24) is 14.3 Å². The maximum Gasteiger partial charge on any atom is 0.259 e. The van der Waals surface area contributed by atoms with Gasteiger partial charge in [-0.25, -0.2) is 18.4 Å². The molecule has 1 fully saturated rings. The fourth-order valence-corrected chi connectivity index (χ4v) is 5.51. The Bertz CT molecular complexity index is 1170. The molecule has 0 saturated carbocycles. The van der Waals surface area contributed by atoms with Crippen LogP contribution in [0.2, 0.25) is 0 Å². The van der Waals surface area contributed by atoms with Gasteiger partial charge in [0.05, 0.1) is 22.2 Å². The first-order chi connectivity index (χ1) is 15.0. The summed E-state index contributed by atoms with van der Waals surface area (Å²) < 4.78 is 28.3. The molecule has 2 aromatic carbocycles. The number of rotatable bonds is 5. The Labute approximate surface area is 182 Å². The summed E-state index contributed by atoms with van der Waals surface area (Å²) in [6.07, 6.45) is 3.69. The quantitative estimate of drug-likeness (QED) is 0.654. The van der Waals surface area contributed by atoms with Gasteiger partial charge in [0.2, 0.25) is 10.0 Å². The van der Waals surface area contributed by atoms with Crippen molar-refractivity contribution in [3.05, 3.63) is 83.9 Å². The second-order valence-corrected chi connectivity index (χ2v) is 9.37. The summed E-state index contributed by atoms with van der Waals surface area (Å²) in [6.45, 7) is 2.12. The summed E-state index contributed by atoms with van der Waals surface area (Å²) in [7, 11) is -3.73. The number of carbonyl (C=O) groups excluding carboxylic acids is 1. The zero-order valence-corrected chi connectivity index (χ0v) is 18.0. The fourth-order valence-electron chi connectivity index (χ4n) is 3.83.